The van der Waals surface area contributed by atoms with E-state index < -0.39 is 0 Å². The van der Waals surface area contributed by atoms with Gasteiger partial charge in [0.05, 0.1) is 26.2 Å². The normalized spacial score (nSPS) is 26.2. The highest BCUT2D eigenvalue weighted by Crippen LogP contribution is 2.19. The van der Waals surface area contributed by atoms with Crippen LogP contribution in [0.2, 0.25) is 0 Å². The van der Waals surface area contributed by atoms with Crippen LogP contribution in [-0.4, -0.2) is 60.9 Å². The molecule has 2 aliphatic rings. The number of carbonyl (C=O) groups is 1. The number of morpholine rings is 1. The monoisotopic (exact) mass is 242 g/mol. The van der Waals surface area contributed by atoms with E-state index in [-0.39, 0.29) is 23.2 Å². The minimum Gasteiger partial charge on any atom is -0.633 e. The third-order valence-corrected chi connectivity index (χ3v) is 3.89. The SMILES string of the molecule is CC(CC[N+]1([O-])CCCC1)N1CCOCC1=O. The number of hydroxylamine groups is 3. The molecule has 2 heterocycles. The number of rotatable bonds is 4. The Morgan fingerprint density at radius 2 is 2.18 bits per heavy atom. The Morgan fingerprint density at radius 1 is 1.47 bits per heavy atom. The second-order valence-corrected chi connectivity index (χ2v) is 5.21. The summed E-state index contributed by atoms with van der Waals surface area (Å²) < 4.78 is 5.05. The number of hydrogen-bond donors (Lipinski definition) is 0. The van der Waals surface area contributed by atoms with Gasteiger partial charge in [-0.3, -0.25) is 4.79 Å². The highest BCUT2D eigenvalue weighted by Gasteiger charge is 2.27. The van der Waals surface area contributed by atoms with Crippen LogP contribution in [0.3, 0.4) is 0 Å². The molecule has 0 aromatic heterocycles. The van der Waals surface area contributed by atoms with Gasteiger partial charge < -0.3 is 19.5 Å². The van der Waals surface area contributed by atoms with Crippen molar-refractivity contribution in [3.05, 3.63) is 5.21 Å². The molecule has 0 spiro atoms. The van der Waals surface area contributed by atoms with Gasteiger partial charge in [-0.15, -0.1) is 0 Å². The molecule has 2 fully saturated rings. The highest BCUT2D eigenvalue weighted by molar-refractivity contribution is 5.78. The lowest BCUT2D eigenvalue weighted by Gasteiger charge is -2.40. The van der Waals surface area contributed by atoms with Gasteiger partial charge in [0.2, 0.25) is 5.91 Å². The van der Waals surface area contributed by atoms with Gasteiger partial charge >= 0.3 is 0 Å². The lowest BCUT2D eigenvalue weighted by molar-refractivity contribution is -0.868. The number of ether oxygens (including phenoxy) is 1. The van der Waals surface area contributed by atoms with Gasteiger partial charge in [-0.25, -0.2) is 0 Å². The second-order valence-electron chi connectivity index (χ2n) is 5.21. The van der Waals surface area contributed by atoms with E-state index in [9.17, 15) is 10.0 Å². The first-order valence-corrected chi connectivity index (χ1v) is 6.55. The standard InChI is InChI=1S/C12H22N2O3/c1-11(13-5-9-17-10-12(13)15)4-8-14(16)6-2-3-7-14/h11H,2-10H2,1H3. The molecule has 17 heavy (non-hydrogen) atoms. The number of carbonyl (C=O) groups excluding carboxylic acids is 1. The average molecular weight is 242 g/mol. The van der Waals surface area contributed by atoms with Crippen molar-refractivity contribution < 1.29 is 14.2 Å². The van der Waals surface area contributed by atoms with E-state index >= 15 is 0 Å². The first kappa shape index (κ1) is 12.8. The van der Waals surface area contributed by atoms with E-state index in [1.165, 1.54) is 0 Å². The molecule has 5 heteroatoms. The zero-order valence-corrected chi connectivity index (χ0v) is 10.6. The summed E-state index contributed by atoms with van der Waals surface area (Å²) in [5, 5.41) is 12.2. The maximum Gasteiger partial charge on any atom is 0.248 e. The molecule has 0 aliphatic carbocycles. The predicted molar refractivity (Wildman–Crippen MR) is 64.1 cm³/mol. The molecule has 2 saturated heterocycles. The van der Waals surface area contributed by atoms with Crippen LogP contribution in [0.25, 0.3) is 0 Å². The third kappa shape index (κ3) is 3.18. The van der Waals surface area contributed by atoms with E-state index in [1.807, 2.05) is 11.8 Å². The summed E-state index contributed by atoms with van der Waals surface area (Å²) in [6, 6.07) is 0.163. The Hall–Kier alpha value is -0.650. The number of nitrogens with zero attached hydrogens (tertiary/aromatic N) is 2. The average Bonchev–Trinajstić information content (AvgIpc) is 2.74. The first-order chi connectivity index (χ1) is 8.11. The van der Waals surface area contributed by atoms with Gasteiger partial charge in [-0.2, -0.15) is 0 Å². The van der Waals surface area contributed by atoms with Crippen molar-refractivity contribution in [2.75, 3.05) is 39.4 Å². The Balaban J connectivity index is 1.79. The quantitative estimate of drug-likeness (QED) is 0.539. The molecule has 0 bridgehead atoms. The van der Waals surface area contributed by atoms with Crippen LogP contribution in [0.1, 0.15) is 26.2 Å². The second kappa shape index (κ2) is 5.33. The number of hydrogen-bond acceptors (Lipinski definition) is 3. The van der Waals surface area contributed by atoms with E-state index in [4.69, 9.17) is 4.74 Å². The fraction of sp³-hybridized carbons (Fsp3) is 0.917. The fourth-order valence-electron chi connectivity index (χ4n) is 2.71. The van der Waals surface area contributed by atoms with Crippen LogP contribution in [0.5, 0.6) is 0 Å². The molecule has 2 rings (SSSR count). The summed E-state index contributed by atoms with van der Waals surface area (Å²) in [6.07, 6.45) is 2.90. The summed E-state index contributed by atoms with van der Waals surface area (Å²) in [5.41, 5.74) is 0. The van der Waals surface area contributed by atoms with Crippen molar-refractivity contribution in [2.45, 2.75) is 32.2 Å². The number of likely N-dealkylation sites (tertiary alicyclic amines) is 1. The first-order valence-electron chi connectivity index (χ1n) is 6.55. The lowest BCUT2D eigenvalue weighted by atomic mass is 10.1. The van der Waals surface area contributed by atoms with Gasteiger partial charge in [-0.05, 0) is 6.92 Å². The van der Waals surface area contributed by atoms with Crippen LogP contribution in [0.4, 0.5) is 0 Å². The van der Waals surface area contributed by atoms with E-state index in [2.05, 4.69) is 0 Å². The minimum absolute atomic E-state index is 0.0527. The number of amides is 1. The van der Waals surface area contributed by atoms with Crippen LogP contribution >= 0.6 is 0 Å². The largest absolute Gasteiger partial charge is 0.633 e. The van der Waals surface area contributed by atoms with Crippen LogP contribution in [0.15, 0.2) is 0 Å². The van der Waals surface area contributed by atoms with E-state index in [0.29, 0.717) is 19.7 Å². The van der Waals surface area contributed by atoms with Crippen LogP contribution in [0, 0.1) is 5.21 Å². The summed E-state index contributed by atoms with van der Waals surface area (Å²) in [5.74, 6) is 0.0580. The Bertz CT molecular complexity index is 277. The molecule has 0 aromatic rings. The van der Waals surface area contributed by atoms with Crippen molar-refractivity contribution in [3.63, 3.8) is 0 Å². The molecule has 1 atom stereocenters. The van der Waals surface area contributed by atoms with Crippen molar-refractivity contribution in [2.24, 2.45) is 0 Å². The Morgan fingerprint density at radius 3 is 2.82 bits per heavy atom. The lowest BCUT2D eigenvalue weighted by Crippen LogP contribution is -2.49. The van der Waals surface area contributed by atoms with Gasteiger partial charge in [0.25, 0.3) is 0 Å². The summed E-state index contributed by atoms with van der Waals surface area (Å²) in [7, 11) is 0. The van der Waals surface area contributed by atoms with Crippen LogP contribution < -0.4 is 0 Å². The van der Waals surface area contributed by atoms with Crippen molar-refractivity contribution in [3.8, 4) is 0 Å². The van der Waals surface area contributed by atoms with E-state index in [0.717, 1.165) is 32.4 Å². The molecule has 1 amide bonds. The smallest absolute Gasteiger partial charge is 0.248 e. The van der Waals surface area contributed by atoms with Crippen molar-refractivity contribution in [1.82, 2.24) is 4.90 Å². The fourth-order valence-corrected chi connectivity index (χ4v) is 2.71. The molecule has 0 aromatic carbocycles. The van der Waals surface area contributed by atoms with E-state index in [1.54, 1.807) is 0 Å². The van der Waals surface area contributed by atoms with Crippen LogP contribution in [-0.2, 0) is 9.53 Å². The maximum absolute atomic E-state index is 12.2. The Kier molecular flexibility index (Phi) is 4.01. The molecule has 2 aliphatic heterocycles. The number of quaternary nitrogens is 1. The molecule has 0 N–H and O–H groups in total. The highest BCUT2D eigenvalue weighted by atomic mass is 16.5. The molecule has 5 nitrogen and oxygen atoms in total. The molecule has 0 saturated carbocycles. The Labute approximate surface area is 102 Å². The predicted octanol–water partition coefficient (Wildman–Crippen LogP) is 0.732. The summed E-state index contributed by atoms with van der Waals surface area (Å²) in [6.45, 7) is 5.67. The zero-order chi connectivity index (χ0) is 12.3. The van der Waals surface area contributed by atoms with Gasteiger partial charge in [0.1, 0.15) is 6.61 Å². The van der Waals surface area contributed by atoms with Gasteiger partial charge in [0, 0.05) is 31.8 Å². The van der Waals surface area contributed by atoms with Crippen molar-refractivity contribution >= 4 is 5.91 Å². The molecular formula is C12H22N2O3. The summed E-state index contributed by atoms with van der Waals surface area (Å²) in [4.78, 5) is 13.5. The maximum atomic E-state index is 12.2. The minimum atomic E-state index is -0.0527. The van der Waals surface area contributed by atoms with Gasteiger partial charge in [0.15, 0.2) is 0 Å². The molecule has 1 unspecified atom stereocenters. The van der Waals surface area contributed by atoms with Crippen molar-refractivity contribution in [1.29, 1.82) is 0 Å². The molecule has 0 radical (unpaired) electrons. The molecule has 98 valence electrons. The topological polar surface area (TPSA) is 52.6 Å². The zero-order valence-electron chi connectivity index (χ0n) is 10.6. The molecular weight excluding hydrogens is 220 g/mol. The third-order valence-electron chi connectivity index (χ3n) is 3.89. The summed E-state index contributed by atoms with van der Waals surface area (Å²) >= 11 is 0. The van der Waals surface area contributed by atoms with Gasteiger partial charge in [-0.1, -0.05) is 0 Å².